The van der Waals surface area contributed by atoms with Gasteiger partial charge in [-0.3, -0.25) is 4.79 Å². The minimum atomic E-state index is -1.19. The molecule has 1 amide bonds. The van der Waals surface area contributed by atoms with E-state index in [2.05, 4.69) is 10.3 Å². The summed E-state index contributed by atoms with van der Waals surface area (Å²) in [6, 6.07) is 20.8. The Bertz CT molecular complexity index is 970. The molecule has 2 aromatic carbocycles. The quantitative estimate of drug-likeness (QED) is 0.805. The third-order valence-electron chi connectivity index (χ3n) is 3.56. The van der Waals surface area contributed by atoms with Gasteiger partial charge in [-0.15, -0.1) is 0 Å². The van der Waals surface area contributed by atoms with Crippen LogP contribution in [0.15, 0.2) is 60.7 Å². The van der Waals surface area contributed by atoms with Crippen LogP contribution in [-0.2, 0) is 0 Å². The molecule has 3 aromatic rings. The molecule has 5 nitrogen and oxygen atoms in total. The molecule has 0 bridgehead atoms. The van der Waals surface area contributed by atoms with Gasteiger partial charge in [0.15, 0.2) is 0 Å². The summed E-state index contributed by atoms with van der Waals surface area (Å²) < 4.78 is 0. The number of carbonyl (C=O) groups is 1. The van der Waals surface area contributed by atoms with Crippen LogP contribution in [0.5, 0.6) is 0 Å². The van der Waals surface area contributed by atoms with Crippen LogP contribution in [-0.4, -0.2) is 16.9 Å². The van der Waals surface area contributed by atoms with Crippen LogP contribution in [0, 0.1) is 22.7 Å². The zero-order chi connectivity index (χ0) is 16.9. The van der Waals surface area contributed by atoms with Crippen LogP contribution in [0.4, 0.5) is 0 Å². The molecule has 0 aliphatic heterocycles. The van der Waals surface area contributed by atoms with Gasteiger partial charge in [0.25, 0.3) is 5.91 Å². The minimum absolute atomic E-state index is 0.384. The zero-order valence-electron chi connectivity index (χ0n) is 12.6. The normalized spacial score (nSPS) is 10.1. The summed E-state index contributed by atoms with van der Waals surface area (Å²) in [6.07, 6.45) is 0. The van der Waals surface area contributed by atoms with Crippen molar-refractivity contribution in [2.24, 2.45) is 0 Å². The van der Waals surface area contributed by atoms with Crippen molar-refractivity contribution in [2.45, 2.75) is 6.04 Å². The zero-order valence-corrected chi connectivity index (χ0v) is 12.6. The summed E-state index contributed by atoms with van der Waals surface area (Å²) in [6.45, 7) is 0. The fraction of sp³-hybridized carbons (Fsp3) is 0.0526. The van der Waals surface area contributed by atoms with Gasteiger partial charge in [-0.25, -0.2) is 4.98 Å². The molecule has 5 heteroatoms. The summed E-state index contributed by atoms with van der Waals surface area (Å²) in [4.78, 5) is 17.1. The van der Waals surface area contributed by atoms with E-state index in [1.165, 1.54) is 0 Å². The van der Waals surface area contributed by atoms with Crippen molar-refractivity contribution in [1.82, 2.24) is 10.3 Å². The van der Waals surface area contributed by atoms with Gasteiger partial charge in [-0.2, -0.15) is 10.5 Å². The van der Waals surface area contributed by atoms with Crippen LogP contribution < -0.4 is 5.32 Å². The van der Waals surface area contributed by atoms with E-state index in [1.54, 1.807) is 24.3 Å². The number of benzene rings is 2. The Morgan fingerprint density at radius 2 is 1.67 bits per heavy atom. The number of fused-ring (bicyclic) bond motifs is 1. The van der Waals surface area contributed by atoms with Crippen molar-refractivity contribution in [3.63, 3.8) is 0 Å². The van der Waals surface area contributed by atoms with Crippen molar-refractivity contribution >= 4 is 16.8 Å². The summed E-state index contributed by atoms with van der Waals surface area (Å²) in [5.41, 5.74) is 2.60. The smallest absolute Gasteiger partial charge is 0.253 e. The fourth-order valence-electron chi connectivity index (χ4n) is 2.42. The van der Waals surface area contributed by atoms with Gasteiger partial charge in [0.05, 0.1) is 16.8 Å². The molecule has 0 spiro atoms. The van der Waals surface area contributed by atoms with Gasteiger partial charge in [0.1, 0.15) is 12.1 Å². The van der Waals surface area contributed by atoms with Crippen LogP contribution >= 0.6 is 0 Å². The van der Waals surface area contributed by atoms with Gasteiger partial charge in [-0.1, -0.05) is 48.5 Å². The Morgan fingerprint density at radius 3 is 2.38 bits per heavy atom. The van der Waals surface area contributed by atoms with Crippen molar-refractivity contribution in [3.8, 4) is 23.4 Å². The van der Waals surface area contributed by atoms with E-state index >= 15 is 0 Å². The number of para-hydroxylation sites is 1. The predicted molar refractivity (Wildman–Crippen MR) is 89.7 cm³/mol. The first-order valence-corrected chi connectivity index (χ1v) is 7.28. The molecule has 0 aliphatic carbocycles. The molecular weight excluding hydrogens is 300 g/mol. The second-order valence-electron chi connectivity index (χ2n) is 5.10. The van der Waals surface area contributed by atoms with Crippen LogP contribution in [0.25, 0.3) is 22.2 Å². The SMILES string of the molecule is N#CC(C#N)NC(=O)c1cc(-c2ccccc2)nc2ccccc12. The number of nitrogens with one attached hydrogen (secondary N) is 1. The van der Waals surface area contributed by atoms with Crippen molar-refractivity contribution in [2.75, 3.05) is 0 Å². The summed E-state index contributed by atoms with van der Waals surface area (Å²) in [5.74, 6) is -0.473. The lowest BCUT2D eigenvalue weighted by Gasteiger charge is -2.10. The summed E-state index contributed by atoms with van der Waals surface area (Å²) in [7, 11) is 0. The topological polar surface area (TPSA) is 89.6 Å². The fourth-order valence-corrected chi connectivity index (χ4v) is 2.42. The molecule has 0 fully saturated rings. The van der Waals surface area contributed by atoms with Crippen LogP contribution in [0.3, 0.4) is 0 Å². The maximum atomic E-state index is 12.5. The first-order chi connectivity index (χ1) is 11.7. The molecule has 3 rings (SSSR count). The average molecular weight is 312 g/mol. The molecule has 0 atom stereocenters. The first-order valence-electron chi connectivity index (χ1n) is 7.28. The van der Waals surface area contributed by atoms with E-state index in [0.29, 0.717) is 22.2 Å². The molecule has 0 saturated carbocycles. The lowest BCUT2D eigenvalue weighted by molar-refractivity contribution is 0.0953. The van der Waals surface area contributed by atoms with Crippen LogP contribution in [0.2, 0.25) is 0 Å². The van der Waals surface area contributed by atoms with E-state index in [1.807, 2.05) is 48.5 Å². The number of rotatable bonds is 3. The van der Waals surface area contributed by atoms with Crippen molar-refractivity contribution < 1.29 is 4.79 Å². The van der Waals surface area contributed by atoms with E-state index in [4.69, 9.17) is 10.5 Å². The highest BCUT2D eigenvalue weighted by atomic mass is 16.1. The largest absolute Gasteiger partial charge is 0.325 e. The molecule has 1 N–H and O–H groups in total. The monoisotopic (exact) mass is 312 g/mol. The number of hydrogen-bond donors (Lipinski definition) is 1. The maximum Gasteiger partial charge on any atom is 0.253 e. The standard InChI is InChI=1S/C19H12N4O/c20-11-14(12-21)22-19(24)16-10-18(13-6-2-1-3-7-13)23-17-9-5-4-8-15(16)17/h1-10,14H,(H,22,24). The highest BCUT2D eigenvalue weighted by Crippen LogP contribution is 2.24. The minimum Gasteiger partial charge on any atom is -0.325 e. The number of aromatic nitrogens is 1. The number of amides is 1. The van der Waals surface area contributed by atoms with E-state index in [0.717, 1.165) is 5.56 Å². The molecule has 1 aromatic heterocycles. The molecule has 24 heavy (non-hydrogen) atoms. The molecule has 114 valence electrons. The number of carbonyl (C=O) groups excluding carboxylic acids is 1. The predicted octanol–water partition coefficient (Wildman–Crippen LogP) is 3.05. The van der Waals surface area contributed by atoms with Crippen molar-refractivity contribution in [3.05, 3.63) is 66.2 Å². The highest BCUT2D eigenvalue weighted by molar-refractivity contribution is 6.07. The molecule has 1 heterocycles. The van der Waals surface area contributed by atoms with Gasteiger partial charge in [-0.05, 0) is 12.1 Å². The highest BCUT2D eigenvalue weighted by Gasteiger charge is 2.17. The molecule has 0 aliphatic rings. The summed E-state index contributed by atoms with van der Waals surface area (Å²) in [5, 5.41) is 20.8. The van der Waals surface area contributed by atoms with Gasteiger partial charge < -0.3 is 5.32 Å². The van der Waals surface area contributed by atoms with Gasteiger partial charge in [0, 0.05) is 10.9 Å². The Labute approximate surface area is 138 Å². The van der Waals surface area contributed by atoms with Crippen molar-refractivity contribution in [1.29, 1.82) is 10.5 Å². The van der Waals surface area contributed by atoms with Crippen LogP contribution in [0.1, 0.15) is 10.4 Å². The molecule has 0 saturated heterocycles. The second kappa shape index (κ2) is 6.60. The lowest BCUT2D eigenvalue weighted by Crippen LogP contribution is -2.32. The number of nitrogens with zero attached hydrogens (tertiary/aromatic N) is 3. The maximum absolute atomic E-state index is 12.5. The van der Waals surface area contributed by atoms with Gasteiger partial charge in [0.2, 0.25) is 6.04 Å². The lowest BCUT2D eigenvalue weighted by atomic mass is 10.0. The molecular formula is C19H12N4O. The Balaban J connectivity index is 2.14. The first kappa shape index (κ1) is 15.2. The van der Waals surface area contributed by atoms with E-state index < -0.39 is 11.9 Å². The molecule has 0 unspecified atom stereocenters. The third-order valence-corrected chi connectivity index (χ3v) is 3.56. The average Bonchev–Trinajstić information content (AvgIpc) is 2.65. The Morgan fingerprint density at radius 1 is 1.00 bits per heavy atom. The molecule has 0 radical (unpaired) electrons. The number of nitriles is 2. The van der Waals surface area contributed by atoms with E-state index in [-0.39, 0.29) is 0 Å². The van der Waals surface area contributed by atoms with Gasteiger partial charge >= 0.3 is 0 Å². The Hall–Kier alpha value is -3.70. The second-order valence-corrected chi connectivity index (χ2v) is 5.10. The third kappa shape index (κ3) is 2.92. The number of hydrogen-bond acceptors (Lipinski definition) is 4. The van der Waals surface area contributed by atoms with E-state index in [9.17, 15) is 4.79 Å². The number of pyridine rings is 1. The summed E-state index contributed by atoms with van der Waals surface area (Å²) >= 11 is 0. The Kier molecular flexibility index (Phi) is 4.18.